The molecular weight excluding hydrogens is 212 g/mol. The van der Waals surface area contributed by atoms with Crippen LogP contribution in [0.2, 0.25) is 0 Å². The largest absolute Gasteiger partial charge is 0.352 e. The average molecular weight is 232 g/mol. The number of rotatable bonds is 2. The van der Waals surface area contributed by atoms with E-state index in [9.17, 15) is 0 Å². The first-order chi connectivity index (χ1) is 8.24. The lowest BCUT2D eigenvalue weighted by Crippen LogP contribution is -2.41. The van der Waals surface area contributed by atoms with Crippen LogP contribution in [0.25, 0.3) is 0 Å². The summed E-state index contributed by atoms with van der Waals surface area (Å²) in [5, 5.41) is 0. The zero-order valence-corrected chi connectivity index (χ0v) is 10.6. The highest BCUT2D eigenvalue weighted by atomic mass is 16.7. The van der Waals surface area contributed by atoms with Crippen molar-refractivity contribution in [1.82, 2.24) is 0 Å². The van der Waals surface area contributed by atoms with Crippen LogP contribution in [0.3, 0.4) is 0 Å². The van der Waals surface area contributed by atoms with Gasteiger partial charge in [-0.25, -0.2) is 0 Å². The van der Waals surface area contributed by atoms with Crippen molar-refractivity contribution in [3.63, 3.8) is 0 Å². The van der Waals surface area contributed by atoms with Gasteiger partial charge in [0, 0.05) is 26.1 Å². The molecule has 92 valence electrons. The van der Waals surface area contributed by atoms with E-state index in [0.29, 0.717) is 11.8 Å². The normalized spacial score (nSPS) is 52.5. The van der Waals surface area contributed by atoms with Crippen LogP contribution in [-0.2, 0) is 9.47 Å². The molecule has 0 unspecified atom stereocenters. The summed E-state index contributed by atoms with van der Waals surface area (Å²) in [5.74, 6) is 3.45. The number of hydrogen-bond acceptors (Lipinski definition) is 2. The van der Waals surface area contributed by atoms with Crippen molar-refractivity contribution in [2.24, 2.45) is 35.5 Å². The molecule has 0 heterocycles. The zero-order valence-electron chi connectivity index (χ0n) is 10.6. The molecule has 0 aromatic carbocycles. The molecule has 0 aromatic rings. The van der Waals surface area contributed by atoms with Crippen LogP contribution in [0.4, 0.5) is 0 Å². The Kier molecular flexibility index (Phi) is 1.85. The Morgan fingerprint density at radius 3 is 1.94 bits per heavy atom. The van der Waals surface area contributed by atoms with Crippen LogP contribution in [0.1, 0.15) is 12.8 Å². The predicted molar refractivity (Wildman–Crippen MR) is 65.2 cm³/mol. The molecule has 3 saturated carbocycles. The minimum atomic E-state index is -0.364. The Morgan fingerprint density at radius 1 is 1.06 bits per heavy atom. The Hall–Kier alpha value is -0.600. The second-order valence-electron chi connectivity index (χ2n) is 6.09. The van der Waals surface area contributed by atoms with Crippen LogP contribution >= 0.6 is 0 Å². The second kappa shape index (κ2) is 3.04. The molecule has 0 saturated heterocycles. The third kappa shape index (κ3) is 0.901. The van der Waals surface area contributed by atoms with Crippen molar-refractivity contribution in [2.45, 2.75) is 18.6 Å². The van der Waals surface area contributed by atoms with Gasteiger partial charge >= 0.3 is 0 Å². The van der Waals surface area contributed by atoms with Crippen LogP contribution in [0.5, 0.6) is 0 Å². The maximum Gasteiger partial charge on any atom is 0.180 e. The van der Waals surface area contributed by atoms with E-state index in [0.717, 1.165) is 23.7 Å². The third-order valence-electron chi connectivity index (χ3n) is 6.04. The molecule has 0 spiro atoms. The zero-order chi connectivity index (χ0) is 11.8. The van der Waals surface area contributed by atoms with Crippen molar-refractivity contribution in [3.8, 4) is 0 Å². The highest BCUT2D eigenvalue weighted by molar-refractivity contribution is 5.34. The van der Waals surface area contributed by atoms with Gasteiger partial charge in [-0.1, -0.05) is 24.3 Å². The summed E-state index contributed by atoms with van der Waals surface area (Å²) in [7, 11) is 3.60. The molecule has 2 nitrogen and oxygen atoms in total. The monoisotopic (exact) mass is 232 g/mol. The molecule has 3 fully saturated rings. The van der Waals surface area contributed by atoms with Crippen molar-refractivity contribution in [2.75, 3.05) is 14.2 Å². The molecule has 4 bridgehead atoms. The molecule has 4 aliphatic rings. The summed E-state index contributed by atoms with van der Waals surface area (Å²) < 4.78 is 11.6. The molecule has 17 heavy (non-hydrogen) atoms. The van der Waals surface area contributed by atoms with E-state index < -0.39 is 0 Å². The van der Waals surface area contributed by atoms with Gasteiger partial charge in [-0.2, -0.15) is 0 Å². The Morgan fingerprint density at radius 2 is 1.53 bits per heavy atom. The quantitative estimate of drug-likeness (QED) is 0.414. The molecule has 0 aromatic heterocycles. The predicted octanol–water partition coefficient (Wildman–Crippen LogP) is 2.62. The summed E-state index contributed by atoms with van der Waals surface area (Å²) in [4.78, 5) is 0. The average Bonchev–Trinajstić information content (AvgIpc) is 3.05. The summed E-state index contributed by atoms with van der Waals surface area (Å²) in [6.07, 6.45) is 7.36. The summed E-state index contributed by atoms with van der Waals surface area (Å²) in [5.41, 5.74) is 1.53. The molecule has 0 radical (unpaired) electrons. The Balaban J connectivity index is 1.81. The molecular formula is C15H20O2. The SMILES string of the molecule is C=C1[C@H]2CC[C@@H]1[C@@H]1[C@H]2[C@@H]2C=C[C@H]1C2(OC)OC. The van der Waals surface area contributed by atoms with E-state index in [1.54, 1.807) is 14.2 Å². The number of fused-ring (bicyclic) bond motifs is 9. The van der Waals surface area contributed by atoms with E-state index in [1.165, 1.54) is 18.4 Å². The minimum Gasteiger partial charge on any atom is -0.352 e. The van der Waals surface area contributed by atoms with Gasteiger partial charge < -0.3 is 9.47 Å². The van der Waals surface area contributed by atoms with Gasteiger partial charge in [-0.15, -0.1) is 0 Å². The fourth-order valence-corrected chi connectivity index (χ4v) is 5.55. The number of ether oxygens (including phenoxy) is 2. The maximum absolute atomic E-state index is 5.82. The highest BCUT2D eigenvalue weighted by Crippen LogP contribution is 2.70. The molecule has 0 aliphatic heterocycles. The lowest BCUT2D eigenvalue weighted by Gasteiger charge is -2.34. The third-order valence-corrected chi connectivity index (χ3v) is 6.04. The topological polar surface area (TPSA) is 18.5 Å². The van der Waals surface area contributed by atoms with Gasteiger partial charge in [0.15, 0.2) is 5.79 Å². The Labute approximate surface area is 103 Å². The first kappa shape index (κ1) is 10.3. The van der Waals surface area contributed by atoms with E-state index in [2.05, 4.69) is 18.7 Å². The first-order valence-electron chi connectivity index (χ1n) is 6.72. The number of hydrogen-bond donors (Lipinski definition) is 0. The van der Waals surface area contributed by atoms with Crippen molar-refractivity contribution in [1.29, 1.82) is 0 Å². The van der Waals surface area contributed by atoms with Gasteiger partial charge in [0.05, 0.1) is 0 Å². The van der Waals surface area contributed by atoms with Crippen LogP contribution in [0.15, 0.2) is 24.3 Å². The molecule has 0 N–H and O–H groups in total. The van der Waals surface area contributed by atoms with Gasteiger partial charge in [0.2, 0.25) is 0 Å². The van der Waals surface area contributed by atoms with Crippen LogP contribution < -0.4 is 0 Å². The number of methoxy groups -OCH3 is 2. The second-order valence-corrected chi connectivity index (χ2v) is 6.09. The van der Waals surface area contributed by atoms with Gasteiger partial charge in [0.1, 0.15) is 0 Å². The lowest BCUT2D eigenvalue weighted by atomic mass is 9.73. The smallest absolute Gasteiger partial charge is 0.180 e. The number of allylic oxidation sites excluding steroid dienone is 1. The summed E-state index contributed by atoms with van der Waals surface area (Å²) >= 11 is 0. The molecule has 0 amide bonds. The van der Waals surface area contributed by atoms with Crippen molar-refractivity contribution >= 4 is 0 Å². The van der Waals surface area contributed by atoms with E-state index in [1.807, 2.05) is 0 Å². The van der Waals surface area contributed by atoms with Gasteiger partial charge in [0.25, 0.3) is 0 Å². The standard InChI is InChI=1S/C15H20O2/c1-8-9-4-5-10(8)14-12-7-6-11(13(9)14)15(12,16-2)17-3/h6-7,9-14H,1,4-5H2,2-3H3/t9-,10+,11+,12-,13-,14+. The van der Waals surface area contributed by atoms with Gasteiger partial charge in [-0.3, -0.25) is 0 Å². The fourth-order valence-electron chi connectivity index (χ4n) is 5.55. The molecule has 2 heteroatoms. The van der Waals surface area contributed by atoms with E-state index in [-0.39, 0.29) is 5.79 Å². The van der Waals surface area contributed by atoms with Gasteiger partial charge in [-0.05, 0) is 36.5 Å². The summed E-state index contributed by atoms with van der Waals surface area (Å²) in [6, 6.07) is 0. The maximum atomic E-state index is 5.82. The van der Waals surface area contributed by atoms with E-state index >= 15 is 0 Å². The first-order valence-corrected chi connectivity index (χ1v) is 6.72. The highest BCUT2D eigenvalue weighted by Gasteiger charge is 2.70. The van der Waals surface area contributed by atoms with Crippen molar-refractivity contribution in [3.05, 3.63) is 24.3 Å². The van der Waals surface area contributed by atoms with Crippen LogP contribution in [-0.4, -0.2) is 20.0 Å². The molecule has 4 rings (SSSR count). The lowest BCUT2D eigenvalue weighted by molar-refractivity contribution is -0.235. The Bertz CT molecular complexity index is 375. The molecule has 6 atom stereocenters. The molecule has 4 aliphatic carbocycles. The summed E-state index contributed by atoms with van der Waals surface area (Å²) in [6.45, 7) is 4.35. The fraction of sp³-hybridized carbons (Fsp3) is 0.733. The van der Waals surface area contributed by atoms with Crippen LogP contribution in [0, 0.1) is 35.5 Å². The minimum absolute atomic E-state index is 0.364. The van der Waals surface area contributed by atoms with Crippen molar-refractivity contribution < 1.29 is 9.47 Å². The van der Waals surface area contributed by atoms with E-state index in [4.69, 9.17) is 9.47 Å².